The third-order valence-electron chi connectivity index (χ3n) is 1.81. The van der Waals surface area contributed by atoms with Gasteiger partial charge in [0.25, 0.3) is 0 Å². The molecule has 1 aromatic rings. The molecule has 0 aliphatic heterocycles. The van der Waals surface area contributed by atoms with Gasteiger partial charge in [0.05, 0.1) is 6.10 Å². The van der Waals surface area contributed by atoms with E-state index in [-0.39, 0.29) is 11.5 Å². The third kappa shape index (κ3) is 2.34. The minimum absolute atomic E-state index is 0.0175. The minimum Gasteiger partial charge on any atom is -0.508 e. The van der Waals surface area contributed by atoms with Crippen molar-refractivity contribution in [2.75, 3.05) is 6.54 Å². The van der Waals surface area contributed by atoms with Gasteiger partial charge >= 0.3 is 0 Å². The SMILES string of the molecule is NCC[C@H](O)c1cc(O)ccc1O. The number of aliphatic hydroxyl groups is 1. The molecular formula is C9H13NO3. The Labute approximate surface area is 76.2 Å². The summed E-state index contributed by atoms with van der Waals surface area (Å²) in [6.07, 6.45) is -0.464. The van der Waals surface area contributed by atoms with E-state index in [4.69, 9.17) is 10.8 Å². The van der Waals surface area contributed by atoms with Gasteiger partial charge < -0.3 is 21.1 Å². The topological polar surface area (TPSA) is 86.7 Å². The van der Waals surface area contributed by atoms with Gasteiger partial charge in [-0.3, -0.25) is 0 Å². The van der Waals surface area contributed by atoms with Crippen LogP contribution in [-0.2, 0) is 0 Å². The Morgan fingerprint density at radius 2 is 2.00 bits per heavy atom. The number of aromatic hydroxyl groups is 2. The smallest absolute Gasteiger partial charge is 0.121 e. The fourth-order valence-corrected chi connectivity index (χ4v) is 1.12. The summed E-state index contributed by atoms with van der Waals surface area (Å²) in [6.45, 7) is 0.330. The Balaban J connectivity index is 2.91. The molecule has 0 saturated carbocycles. The largest absolute Gasteiger partial charge is 0.508 e. The van der Waals surface area contributed by atoms with Crippen LogP contribution in [0.15, 0.2) is 18.2 Å². The van der Waals surface area contributed by atoms with E-state index in [1.54, 1.807) is 0 Å². The number of benzene rings is 1. The van der Waals surface area contributed by atoms with Crippen LogP contribution in [0.25, 0.3) is 0 Å². The molecule has 0 bridgehead atoms. The van der Waals surface area contributed by atoms with Gasteiger partial charge in [0.2, 0.25) is 0 Å². The number of hydrogen-bond donors (Lipinski definition) is 4. The van der Waals surface area contributed by atoms with Gasteiger partial charge in [-0.2, -0.15) is 0 Å². The number of aliphatic hydroxyl groups excluding tert-OH is 1. The minimum atomic E-state index is -0.822. The molecule has 0 aromatic heterocycles. The lowest BCUT2D eigenvalue weighted by molar-refractivity contribution is 0.166. The molecule has 0 heterocycles. The molecule has 4 heteroatoms. The van der Waals surface area contributed by atoms with Gasteiger partial charge in [-0.15, -0.1) is 0 Å². The number of hydrogen-bond acceptors (Lipinski definition) is 4. The maximum atomic E-state index is 9.47. The standard InChI is InChI=1S/C9H13NO3/c10-4-3-9(13)7-5-6(11)1-2-8(7)12/h1-2,5,9,11-13H,3-4,10H2/t9-/m0/s1. The zero-order valence-corrected chi connectivity index (χ0v) is 7.14. The average Bonchev–Trinajstić information content (AvgIpc) is 2.09. The van der Waals surface area contributed by atoms with Crippen LogP contribution in [0, 0.1) is 0 Å². The Bertz CT molecular complexity index is 288. The summed E-state index contributed by atoms with van der Waals surface area (Å²) in [5.74, 6) is -0.0115. The molecule has 1 rings (SSSR count). The molecule has 0 aliphatic rings. The van der Waals surface area contributed by atoms with Crippen molar-refractivity contribution in [1.29, 1.82) is 0 Å². The van der Waals surface area contributed by atoms with E-state index in [1.807, 2.05) is 0 Å². The summed E-state index contributed by atoms with van der Waals surface area (Å²) >= 11 is 0. The molecule has 13 heavy (non-hydrogen) atoms. The van der Waals surface area contributed by atoms with E-state index in [2.05, 4.69) is 0 Å². The van der Waals surface area contributed by atoms with Gasteiger partial charge in [-0.05, 0) is 31.2 Å². The second kappa shape index (κ2) is 4.11. The number of phenolic OH excluding ortho intramolecular Hbond substituents is 2. The Morgan fingerprint density at radius 1 is 1.31 bits per heavy atom. The molecule has 0 fully saturated rings. The van der Waals surface area contributed by atoms with Crippen LogP contribution < -0.4 is 5.73 Å². The highest BCUT2D eigenvalue weighted by Crippen LogP contribution is 2.29. The Kier molecular flexibility index (Phi) is 3.11. The second-order valence-electron chi connectivity index (χ2n) is 2.84. The van der Waals surface area contributed by atoms with Crippen LogP contribution in [-0.4, -0.2) is 21.9 Å². The Morgan fingerprint density at radius 3 is 2.62 bits per heavy atom. The predicted octanol–water partition coefficient (Wildman–Crippen LogP) is 0.480. The molecular weight excluding hydrogens is 170 g/mol. The lowest BCUT2D eigenvalue weighted by Crippen LogP contribution is -2.06. The van der Waals surface area contributed by atoms with Crippen molar-refractivity contribution in [1.82, 2.24) is 0 Å². The van der Waals surface area contributed by atoms with E-state index < -0.39 is 6.10 Å². The quantitative estimate of drug-likeness (QED) is 0.513. The van der Waals surface area contributed by atoms with Crippen LogP contribution >= 0.6 is 0 Å². The van der Waals surface area contributed by atoms with Crippen molar-refractivity contribution in [3.05, 3.63) is 23.8 Å². The lowest BCUT2D eigenvalue weighted by atomic mass is 10.1. The molecule has 0 aliphatic carbocycles. The van der Waals surface area contributed by atoms with Crippen LogP contribution in [0.4, 0.5) is 0 Å². The normalized spacial score (nSPS) is 12.8. The second-order valence-corrected chi connectivity index (χ2v) is 2.84. The fourth-order valence-electron chi connectivity index (χ4n) is 1.12. The summed E-state index contributed by atoms with van der Waals surface area (Å²) in [5, 5.41) is 27.9. The molecule has 72 valence electrons. The molecule has 5 N–H and O–H groups in total. The zero-order chi connectivity index (χ0) is 9.84. The lowest BCUT2D eigenvalue weighted by Gasteiger charge is -2.11. The maximum Gasteiger partial charge on any atom is 0.121 e. The van der Waals surface area contributed by atoms with E-state index in [0.29, 0.717) is 18.5 Å². The number of rotatable bonds is 3. The molecule has 1 atom stereocenters. The van der Waals surface area contributed by atoms with Crippen molar-refractivity contribution < 1.29 is 15.3 Å². The van der Waals surface area contributed by atoms with Gasteiger partial charge in [0.1, 0.15) is 11.5 Å². The van der Waals surface area contributed by atoms with Gasteiger partial charge in [0.15, 0.2) is 0 Å². The highest BCUT2D eigenvalue weighted by atomic mass is 16.3. The van der Waals surface area contributed by atoms with Crippen molar-refractivity contribution in [3.8, 4) is 11.5 Å². The first-order valence-corrected chi connectivity index (χ1v) is 4.05. The van der Waals surface area contributed by atoms with Gasteiger partial charge in [0, 0.05) is 5.56 Å². The van der Waals surface area contributed by atoms with E-state index in [0.717, 1.165) is 0 Å². The number of phenols is 2. The summed E-state index contributed by atoms with van der Waals surface area (Å²) in [7, 11) is 0. The fraction of sp³-hybridized carbons (Fsp3) is 0.333. The molecule has 0 saturated heterocycles. The van der Waals surface area contributed by atoms with E-state index in [9.17, 15) is 10.2 Å². The summed E-state index contributed by atoms with van der Waals surface area (Å²) < 4.78 is 0. The van der Waals surface area contributed by atoms with Crippen LogP contribution in [0.3, 0.4) is 0 Å². The van der Waals surface area contributed by atoms with Crippen molar-refractivity contribution in [2.45, 2.75) is 12.5 Å². The predicted molar refractivity (Wildman–Crippen MR) is 48.4 cm³/mol. The highest BCUT2D eigenvalue weighted by molar-refractivity contribution is 5.39. The molecule has 0 unspecified atom stereocenters. The molecule has 4 nitrogen and oxygen atoms in total. The zero-order valence-electron chi connectivity index (χ0n) is 7.14. The van der Waals surface area contributed by atoms with Crippen molar-refractivity contribution >= 4 is 0 Å². The molecule has 1 aromatic carbocycles. The van der Waals surface area contributed by atoms with Crippen molar-refractivity contribution in [2.24, 2.45) is 5.73 Å². The van der Waals surface area contributed by atoms with E-state index >= 15 is 0 Å². The molecule has 0 amide bonds. The Hall–Kier alpha value is -1.26. The van der Waals surface area contributed by atoms with E-state index in [1.165, 1.54) is 18.2 Å². The van der Waals surface area contributed by atoms with Gasteiger partial charge in [-0.1, -0.05) is 0 Å². The van der Waals surface area contributed by atoms with Crippen molar-refractivity contribution in [3.63, 3.8) is 0 Å². The first kappa shape index (κ1) is 9.83. The maximum absolute atomic E-state index is 9.47. The van der Waals surface area contributed by atoms with Crippen LogP contribution in [0.5, 0.6) is 11.5 Å². The first-order valence-electron chi connectivity index (χ1n) is 4.05. The highest BCUT2D eigenvalue weighted by Gasteiger charge is 2.11. The summed E-state index contributed by atoms with van der Waals surface area (Å²) in [4.78, 5) is 0. The molecule has 0 spiro atoms. The third-order valence-corrected chi connectivity index (χ3v) is 1.81. The molecule has 0 radical (unpaired) electrons. The summed E-state index contributed by atoms with van der Waals surface area (Å²) in [5.41, 5.74) is 5.56. The summed E-state index contributed by atoms with van der Waals surface area (Å²) in [6, 6.07) is 4.02. The van der Waals surface area contributed by atoms with Crippen LogP contribution in [0.1, 0.15) is 18.1 Å². The first-order chi connectivity index (χ1) is 6.15. The monoisotopic (exact) mass is 183 g/mol. The average molecular weight is 183 g/mol. The van der Waals surface area contributed by atoms with Crippen LogP contribution in [0.2, 0.25) is 0 Å². The van der Waals surface area contributed by atoms with Gasteiger partial charge in [-0.25, -0.2) is 0 Å². The number of nitrogens with two attached hydrogens (primary N) is 1.